The third-order valence-corrected chi connectivity index (χ3v) is 1.79. The van der Waals surface area contributed by atoms with Gasteiger partial charge < -0.3 is 9.94 Å². The van der Waals surface area contributed by atoms with Gasteiger partial charge in [-0.3, -0.25) is 4.57 Å². The fourth-order valence-corrected chi connectivity index (χ4v) is 1.10. The molecule has 0 spiro atoms. The molecule has 0 aliphatic heterocycles. The van der Waals surface area contributed by atoms with Crippen LogP contribution in [0.2, 0.25) is 0 Å². The van der Waals surface area contributed by atoms with E-state index in [2.05, 4.69) is 4.98 Å². The number of rotatable bonds is 4. The molecule has 0 fully saturated rings. The summed E-state index contributed by atoms with van der Waals surface area (Å²) in [6.45, 7) is 2.77. The summed E-state index contributed by atoms with van der Waals surface area (Å²) in [6.07, 6.45) is 1.35. The minimum absolute atomic E-state index is 0.203. The first-order valence-electron chi connectivity index (χ1n) is 3.91. The predicted molar refractivity (Wildman–Crippen MR) is 44.6 cm³/mol. The molecule has 0 saturated carbocycles. The summed E-state index contributed by atoms with van der Waals surface area (Å²) < 4.78 is 6.48. The Hall–Kier alpha value is -0.950. The number of aryl methyl sites for hydroxylation is 1. The first-order chi connectivity index (χ1) is 6.16. The standard InChI is InChI=1S/C7H13N3O3/c1-6-8-5-7(10(11)12)9(6)3-4-13-2/h5,10-11H,3-4H2,1-2H3. The molecule has 0 saturated heterocycles. The number of imidazole rings is 1. The molecule has 0 bridgehead atoms. The van der Waals surface area contributed by atoms with E-state index in [0.717, 1.165) is 0 Å². The van der Waals surface area contributed by atoms with Crippen molar-refractivity contribution < 1.29 is 15.2 Å². The molecule has 1 unspecified atom stereocenters. The van der Waals surface area contributed by atoms with Crippen LogP contribution in [0.5, 0.6) is 0 Å². The van der Waals surface area contributed by atoms with Crippen LogP contribution in [-0.2, 0) is 11.3 Å². The average molecular weight is 187 g/mol. The number of nitrogens with one attached hydrogen (secondary N) is 1. The van der Waals surface area contributed by atoms with Crippen LogP contribution in [0.15, 0.2) is 6.20 Å². The normalized spacial score (nSPS) is 13.2. The molecule has 1 atom stereocenters. The molecule has 2 N–H and O–H groups in total. The Morgan fingerprint density at radius 3 is 3.00 bits per heavy atom. The zero-order valence-electron chi connectivity index (χ0n) is 7.65. The van der Waals surface area contributed by atoms with Crippen molar-refractivity contribution >= 4 is 5.82 Å². The van der Waals surface area contributed by atoms with Crippen molar-refractivity contribution in [1.29, 1.82) is 0 Å². The van der Waals surface area contributed by atoms with Crippen LogP contribution >= 0.6 is 0 Å². The maximum absolute atomic E-state index is 10.7. The summed E-state index contributed by atoms with van der Waals surface area (Å²) in [5, 5.41) is 18.5. The van der Waals surface area contributed by atoms with Gasteiger partial charge in [-0.1, -0.05) is 0 Å². The van der Waals surface area contributed by atoms with Crippen molar-refractivity contribution in [1.82, 2.24) is 9.55 Å². The number of aromatic nitrogens is 2. The predicted octanol–water partition coefficient (Wildman–Crippen LogP) is -0.759. The highest BCUT2D eigenvalue weighted by molar-refractivity contribution is 5.17. The zero-order valence-corrected chi connectivity index (χ0v) is 7.65. The SMILES string of the molecule is COCCn1c([NH+]([O-])O)cnc1C. The third-order valence-electron chi connectivity index (χ3n) is 1.79. The fourth-order valence-electron chi connectivity index (χ4n) is 1.10. The minimum atomic E-state index is -0.961. The number of ether oxygens (including phenoxy) is 1. The molecule has 6 heteroatoms. The first kappa shape index (κ1) is 10.1. The van der Waals surface area contributed by atoms with Gasteiger partial charge in [0.15, 0.2) is 0 Å². The van der Waals surface area contributed by atoms with Crippen molar-refractivity contribution in [3.63, 3.8) is 0 Å². The van der Waals surface area contributed by atoms with Gasteiger partial charge in [0.25, 0.3) is 5.82 Å². The van der Waals surface area contributed by atoms with E-state index in [1.165, 1.54) is 6.20 Å². The highest BCUT2D eigenvalue weighted by Gasteiger charge is 2.11. The largest absolute Gasteiger partial charge is 0.594 e. The van der Waals surface area contributed by atoms with Crippen LogP contribution in [0.25, 0.3) is 0 Å². The van der Waals surface area contributed by atoms with Crippen LogP contribution in [0, 0.1) is 12.1 Å². The summed E-state index contributed by atoms with van der Waals surface area (Å²) in [6, 6.07) is 0. The Morgan fingerprint density at radius 1 is 1.77 bits per heavy atom. The van der Waals surface area contributed by atoms with Crippen molar-refractivity contribution in [3.05, 3.63) is 17.2 Å². The van der Waals surface area contributed by atoms with E-state index in [-0.39, 0.29) is 5.82 Å². The van der Waals surface area contributed by atoms with E-state index in [1.807, 2.05) is 0 Å². The Bertz CT molecular complexity index is 272. The van der Waals surface area contributed by atoms with Crippen LogP contribution in [-0.4, -0.2) is 28.5 Å². The molecule has 1 aromatic rings. The lowest BCUT2D eigenvalue weighted by atomic mass is 10.6. The first-order valence-corrected chi connectivity index (χ1v) is 3.91. The lowest BCUT2D eigenvalue weighted by molar-refractivity contribution is -0.994. The van der Waals surface area contributed by atoms with Gasteiger partial charge in [-0.2, -0.15) is 5.23 Å². The highest BCUT2D eigenvalue weighted by Crippen LogP contribution is 2.05. The summed E-state index contributed by atoms with van der Waals surface area (Å²) >= 11 is 0. The maximum Gasteiger partial charge on any atom is 0.259 e. The van der Waals surface area contributed by atoms with Crippen molar-refractivity contribution in [2.24, 2.45) is 0 Å². The van der Waals surface area contributed by atoms with E-state index in [9.17, 15) is 5.21 Å². The maximum atomic E-state index is 10.7. The molecule has 13 heavy (non-hydrogen) atoms. The van der Waals surface area contributed by atoms with Crippen molar-refractivity contribution in [2.45, 2.75) is 13.5 Å². The van der Waals surface area contributed by atoms with Crippen LogP contribution in [0.3, 0.4) is 0 Å². The Kier molecular flexibility index (Phi) is 3.38. The van der Waals surface area contributed by atoms with E-state index >= 15 is 0 Å². The molecule has 0 aliphatic rings. The highest BCUT2D eigenvalue weighted by atomic mass is 16.8. The quantitative estimate of drug-likeness (QED) is 0.608. The van der Waals surface area contributed by atoms with Gasteiger partial charge in [-0.15, -0.1) is 0 Å². The van der Waals surface area contributed by atoms with Gasteiger partial charge >= 0.3 is 0 Å². The number of quaternary nitrogens is 1. The molecule has 0 amide bonds. The number of hydrogen-bond acceptors (Lipinski definition) is 4. The van der Waals surface area contributed by atoms with Gasteiger partial charge in [-0.25, -0.2) is 10.2 Å². The zero-order chi connectivity index (χ0) is 9.84. The van der Waals surface area contributed by atoms with Crippen LogP contribution in [0.4, 0.5) is 5.82 Å². The molecule has 0 aromatic carbocycles. The van der Waals surface area contributed by atoms with Crippen LogP contribution in [0.1, 0.15) is 5.82 Å². The van der Waals surface area contributed by atoms with Gasteiger partial charge in [0, 0.05) is 7.11 Å². The minimum Gasteiger partial charge on any atom is -0.594 e. The molecular weight excluding hydrogens is 174 g/mol. The smallest absolute Gasteiger partial charge is 0.259 e. The summed E-state index contributed by atoms with van der Waals surface area (Å²) in [5.41, 5.74) is 0. The molecule has 74 valence electrons. The molecule has 0 aliphatic carbocycles. The van der Waals surface area contributed by atoms with E-state index < -0.39 is 5.23 Å². The summed E-state index contributed by atoms with van der Waals surface area (Å²) in [7, 11) is 1.58. The second-order valence-corrected chi connectivity index (χ2v) is 2.64. The van der Waals surface area contributed by atoms with E-state index in [0.29, 0.717) is 19.0 Å². The monoisotopic (exact) mass is 187 g/mol. The third kappa shape index (κ3) is 2.25. The van der Waals surface area contributed by atoms with Crippen LogP contribution < -0.4 is 5.23 Å². The topological polar surface area (TPSA) is 74.8 Å². The summed E-state index contributed by atoms with van der Waals surface area (Å²) in [4.78, 5) is 3.92. The van der Waals surface area contributed by atoms with E-state index in [4.69, 9.17) is 9.94 Å². The molecule has 0 radical (unpaired) electrons. The number of hydrogen-bond donors (Lipinski definition) is 2. The Morgan fingerprint density at radius 2 is 2.46 bits per heavy atom. The van der Waals surface area contributed by atoms with Gasteiger partial charge in [-0.05, 0) is 6.92 Å². The molecule has 1 heterocycles. The lowest BCUT2D eigenvalue weighted by Crippen LogP contribution is -2.99. The van der Waals surface area contributed by atoms with Crippen molar-refractivity contribution in [3.8, 4) is 0 Å². The molecule has 6 nitrogen and oxygen atoms in total. The van der Waals surface area contributed by atoms with Gasteiger partial charge in [0.05, 0.1) is 13.2 Å². The molecular formula is C7H13N3O3. The lowest BCUT2D eigenvalue weighted by Gasteiger charge is -2.13. The Labute approximate surface area is 75.9 Å². The average Bonchev–Trinajstić information content (AvgIpc) is 2.43. The second kappa shape index (κ2) is 4.33. The molecule has 1 rings (SSSR count). The molecule has 1 aromatic heterocycles. The number of methoxy groups -OCH3 is 1. The Balaban J connectivity index is 2.82. The fraction of sp³-hybridized carbons (Fsp3) is 0.571. The number of nitrogens with zero attached hydrogens (tertiary/aromatic N) is 2. The van der Waals surface area contributed by atoms with E-state index in [1.54, 1.807) is 18.6 Å². The van der Waals surface area contributed by atoms with Gasteiger partial charge in [0.1, 0.15) is 12.0 Å². The van der Waals surface area contributed by atoms with Crippen molar-refractivity contribution in [2.75, 3.05) is 13.7 Å². The second-order valence-electron chi connectivity index (χ2n) is 2.64. The van der Waals surface area contributed by atoms with Gasteiger partial charge in [0.2, 0.25) is 0 Å². The summed E-state index contributed by atoms with van der Waals surface area (Å²) in [5.74, 6) is 0.893.